The van der Waals surface area contributed by atoms with Crippen LogP contribution in [0.1, 0.15) is 27.7 Å². The molecule has 1 aliphatic heterocycles. The third-order valence-electron chi connectivity index (χ3n) is 5.60. The van der Waals surface area contributed by atoms with Crippen LogP contribution in [0.5, 0.6) is 0 Å². The molecule has 2 atom stereocenters. The van der Waals surface area contributed by atoms with Gasteiger partial charge in [0.15, 0.2) is 0 Å². The molecule has 1 aliphatic rings. The first-order valence-corrected chi connectivity index (χ1v) is 11.6. The largest absolute Gasteiger partial charge is 0.480 e. The Balaban J connectivity index is 1.55. The highest BCUT2D eigenvalue weighted by molar-refractivity contribution is 7.10. The number of fused-ring (bicyclic) bond motifs is 1. The number of thiophene rings is 1. The van der Waals surface area contributed by atoms with Crippen LogP contribution in [0.3, 0.4) is 0 Å². The van der Waals surface area contributed by atoms with Crippen molar-refractivity contribution in [3.8, 4) is 0 Å². The van der Waals surface area contributed by atoms with Gasteiger partial charge in [-0.15, -0.1) is 11.3 Å². The number of carbonyl (C=O) groups is 4. The third kappa shape index (κ3) is 4.99. The summed E-state index contributed by atoms with van der Waals surface area (Å²) >= 11 is 1.46. The van der Waals surface area contributed by atoms with E-state index in [0.717, 1.165) is 10.4 Å². The zero-order valence-electron chi connectivity index (χ0n) is 18.4. The summed E-state index contributed by atoms with van der Waals surface area (Å²) < 4.78 is 0. The second-order valence-corrected chi connectivity index (χ2v) is 9.00. The van der Waals surface area contributed by atoms with E-state index in [4.69, 9.17) is 0 Å². The zero-order valence-corrected chi connectivity index (χ0v) is 19.2. The van der Waals surface area contributed by atoms with Gasteiger partial charge in [0, 0.05) is 16.9 Å². The predicted octanol–water partition coefficient (Wildman–Crippen LogP) is 3.09. The number of aliphatic carboxylic acids is 1. The average molecular weight is 478 g/mol. The molecular weight excluding hydrogens is 454 g/mol. The molecule has 3 aromatic rings. The number of carboxylic acid groups (broad SMARTS) is 1. The molecule has 0 bridgehead atoms. The smallest absolute Gasteiger partial charge is 0.326 e. The molecule has 4 rings (SSSR count). The zero-order chi connectivity index (χ0) is 24.2. The molecule has 8 nitrogen and oxygen atoms in total. The lowest BCUT2D eigenvalue weighted by Crippen LogP contribution is -2.50. The van der Waals surface area contributed by atoms with Crippen LogP contribution in [0.2, 0.25) is 0 Å². The Labute approximate surface area is 200 Å². The van der Waals surface area contributed by atoms with E-state index in [9.17, 15) is 24.3 Å². The highest BCUT2D eigenvalue weighted by Crippen LogP contribution is 2.33. The van der Waals surface area contributed by atoms with Gasteiger partial charge in [0.1, 0.15) is 12.1 Å². The normalized spacial score (nSPS) is 15.7. The van der Waals surface area contributed by atoms with Crippen molar-refractivity contribution in [1.29, 1.82) is 0 Å². The van der Waals surface area contributed by atoms with Crippen molar-refractivity contribution in [2.45, 2.75) is 31.8 Å². The van der Waals surface area contributed by atoms with Crippen LogP contribution in [0.15, 0.2) is 66.0 Å². The molecule has 1 aromatic heterocycles. The second kappa shape index (κ2) is 9.88. The lowest BCUT2D eigenvalue weighted by Gasteiger charge is -2.34. The number of anilines is 2. The summed E-state index contributed by atoms with van der Waals surface area (Å²) in [6, 6.07) is 15.5. The molecule has 0 aliphatic carbocycles. The van der Waals surface area contributed by atoms with E-state index in [-0.39, 0.29) is 30.2 Å². The second-order valence-electron chi connectivity index (χ2n) is 7.97. The molecule has 0 spiro atoms. The molecule has 174 valence electrons. The predicted molar refractivity (Wildman–Crippen MR) is 129 cm³/mol. The van der Waals surface area contributed by atoms with E-state index in [2.05, 4.69) is 10.6 Å². The third-order valence-corrected chi connectivity index (χ3v) is 6.48. The van der Waals surface area contributed by atoms with Gasteiger partial charge >= 0.3 is 5.97 Å². The van der Waals surface area contributed by atoms with Crippen molar-refractivity contribution >= 4 is 46.4 Å². The Morgan fingerprint density at radius 2 is 1.88 bits per heavy atom. The Kier molecular flexibility index (Phi) is 6.74. The Morgan fingerprint density at radius 3 is 2.56 bits per heavy atom. The number of rotatable bonds is 7. The molecule has 0 fully saturated rings. The average Bonchev–Trinajstić information content (AvgIpc) is 3.32. The van der Waals surface area contributed by atoms with Crippen molar-refractivity contribution in [2.24, 2.45) is 0 Å². The number of carbonyl (C=O) groups excluding carboxylic acids is 3. The maximum Gasteiger partial charge on any atom is 0.326 e. The number of amides is 3. The van der Waals surface area contributed by atoms with Gasteiger partial charge in [0.2, 0.25) is 11.8 Å². The fourth-order valence-electron chi connectivity index (χ4n) is 3.84. The fraction of sp³-hybridized carbons (Fsp3) is 0.200. The summed E-state index contributed by atoms with van der Waals surface area (Å²) in [4.78, 5) is 52.4. The van der Waals surface area contributed by atoms with Crippen molar-refractivity contribution in [1.82, 2.24) is 5.32 Å². The Morgan fingerprint density at radius 1 is 1.12 bits per heavy atom. The lowest BCUT2D eigenvalue weighted by molar-refractivity contribution is -0.139. The van der Waals surface area contributed by atoms with E-state index in [1.807, 2.05) is 23.6 Å². The molecule has 9 heteroatoms. The number of benzene rings is 2. The van der Waals surface area contributed by atoms with E-state index >= 15 is 0 Å². The van der Waals surface area contributed by atoms with Crippen LogP contribution >= 0.6 is 11.3 Å². The molecule has 0 radical (unpaired) electrons. The van der Waals surface area contributed by atoms with Crippen molar-refractivity contribution in [2.75, 3.05) is 10.2 Å². The number of hydrogen-bond donors (Lipinski definition) is 3. The van der Waals surface area contributed by atoms with Crippen molar-refractivity contribution < 1.29 is 24.3 Å². The van der Waals surface area contributed by atoms with E-state index in [1.165, 1.54) is 28.4 Å². The summed E-state index contributed by atoms with van der Waals surface area (Å²) in [5, 5.41) is 16.7. The van der Waals surface area contributed by atoms with Crippen LogP contribution in [-0.2, 0) is 27.2 Å². The van der Waals surface area contributed by atoms with Gasteiger partial charge in [0.25, 0.3) is 5.91 Å². The highest BCUT2D eigenvalue weighted by atomic mass is 32.1. The van der Waals surface area contributed by atoms with Crippen LogP contribution in [0, 0.1) is 0 Å². The maximum absolute atomic E-state index is 13.0. The minimum Gasteiger partial charge on any atom is -0.480 e. The molecule has 0 saturated carbocycles. The minimum absolute atomic E-state index is 0.131. The highest BCUT2D eigenvalue weighted by Gasteiger charge is 2.34. The Bertz CT molecular complexity index is 1230. The number of nitrogens with one attached hydrogen (secondary N) is 2. The Hall–Kier alpha value is -3.98. The van der Waals surface area contributed by atoms with Gasteiger partial charge < -0.3 is 15.7 Å². The molecule has 3 amide bonds. The molecule has 2 heterocycles. The van der Waals surface area contributed by atoms with Crippen LogP contribution in [0.25, 0.3) is 0 Å². The number of nitrogens with zero attached hydrogens (tertiary/aromatic N) is 1. The minimum atomic E-state index is -1.15. The standard InChI is InChI=1S/C25H23N3O5S/c1-15-23(30)26-19-13-17(9-10-21(19)28(15)22(29)14-18-8-5-11-34-18)24(31)27-20(25(32)33)12-16-6-3-2-4-7-16/h2-11,13,15,20H,12,14H2,1H3,(H,26,30)(H,27,31)(H,32,33). The molecule has 3 N–H and O–H groups in total. The van der Waals surface area contributed by atoms with Crippen molar-refractivity contribution in [3.05, 3.63) is 82.0 Å². The van der Waals surface area contributed by atoms with Crippen LogP contribution < -0.4 is 15.5 Å². The SMILES string of the molecule is CC1C(=O)Nc2cc(C(=O)NC(Cc3ccccc3)C(=O)O)ccc2N1C(=O)Cc1cccs1. The summed E-state index contributed by atoms with van der Waals surface area (Å²) in [5.41, 5.74) is 1.77. The first kappa shape index (κ1) is 23.2. The van der Waals surface area contributed by atoms with E-state index < -0.39 is 24.0 Å². The van der Waals surface area contributed by atoms with E-state index in [1.54, 1.807) is 37.3 Å². The van der Waals surface area contributed by atoms with Gasteiger partial charge in [-0.1, -0.05) is 36.4 Å². The van der Waals surface area contributed by atoms with Gasteiger partial charge in [-0.25, -0.2) is 4.79 Å². The summed E-state index contributed by atoms with van der Waals surface area (Å²) in [5.74, 6) is -2.33. The van der Waals surface area contributed by atoms with Gasteiger partial charge in [-0.2, -0.15) is 0 Å². The quantitative estimate of drug-likeness (QED) is 0.484. The molecule has 0 saturated heterocycles. The molecule has 2 unspecified atom stereocenters. The topological polar surface area (TPSA) is 116 Å². The lowest BCUT2D eigenvalue weighted by atomic mass is 10.0. The number of hydrogen-bond acceptors (Lipinski definition) is 5. The summed E-state index contributed by atoms with van der Waals surface area (Å²) in [6.07, 6.45) is 0.294. The first-order chi connectivity index (χ1) is 16.3. The van der Waals surface area contributed by atoms with Gasteiger partial charge in [0.05, 0.1) is 17.8 Å². The molecule has 2 aromatic carbocycles. The molecule has 34 heavy (non-hydrogen) atoms. The maximum atomic E-state index is 13.0. The van der Waals surface area contributed by atoms with Crippen molar-refractivity contribution in [3.63, 3.8) is 0 Å². The number of carboxylic acids is 1. The summed E-state index contributed by atoms with van der Waals surface area (Å²) in [6.45, 7) is 1.65. The molecular formula is C25H23N3O5S. The first-order valence-electron chi connectivity index (χ1n) is 10.7. The van der Waals surface area contributed by atoms with Gasteiger partial charge in [-0.05, 0) is 42.1 Å². The monoisotopic (exact) mass is 477 g/mol. The summed E-state index contributed by atoms with van der Waals surface area (Å²) in [7, 11) is 0. The van der Waals surface area contributed by atoms with Gasteiger partial charge in [-0.3, -0.25) is 19.3 Å². The van der Waals surface area contributed by atoms with Crippen LogP contribution in [-0.4, -0.2) is 40.9 Å². The van der Waals surface area contributed by atoms with E-state index in [0.29, 0.717) is 11.4 Å². The van der Waals surface area contributed by atoms with Crippen LogP contribution in [0.4, 0.5) is 11.4 Å². The fourth-order valence-corrected chi connectivity index (χ4v) is 4.54.